The maximum Gasteiger partial charge on any atom is 0.169 e. The fourth-order valence-corrected chi connectivity index (χ4v) is 2.96. The average Bonchev–Trinajstić information content (AvgIpc) is 2.79. The second-order valence-electron chi connectivity index (χ2n) is 5.35. The summed E-state index contributed by atoms with van der Waals surface area (Å²) in [5.74, 6) is 0.263. The van der Waals surface area contributed by atoms with Crippen LogP contribution in [0.5, 0.6) is 0 Å². The number of ketones is 1. The van der Waals surface area contributed by atoms with E-state index in [1.54, 1.807) is 12.1 Å². The van der Waals surface area contributed by atoms with Crippen molar-refractivity contribution in [1.82, 2.24) is 0 Å². The third-order valence-corrected chi connectivity index (χ3v) is 4.16. The Balaban J connectivity index is 2.31. The summed E-state index contributed by atoms with van der Waals surface area (Å²) in [6.07, 6.45) is 4.21. The first-order valence-corrected chi connectivity index (χ1v) is 6.36. The normalized spacial score (nSPS) is 18.6. The van der Waals surface area contributed by atoms with Crippen LogP contribution in [0.15, 0.2) is 24.3 Å². The van der Waals surface area contributed by atoms with Crippen LogP contribution in [0.4, 0.5) is 4.39 Å². The molecule has 1 aromatic rings. The molecule has 0 heterocycles. The minimum absolute atomic E-state index is 0.199. The van der Waals surface area contributed by atoms with Crippen LogP contribution >= 0.6 is 0 Å². The van der Waals surface area contributed by atoms with Gasteiger partial charge in [0.1, 0.15) is 5.82 Å². The summed E-state index contributed by atoms with van der Waals surface area (Å²) < 4.78 is 12.9. The molecule has 0 aromatic heterocycles. The maximum absolute atomic E-state index is 12.9. The van der Waals surface area contributed by atoms with Gasteiger partial charge in [0.25, 0.3) is 0 Å². The first-order chi connectivity index (χ1) is 8.06. The smallest absolute Gasteiger partial charge is 0.169 e. The number of halogens is 1. The molecule has 0 N–H and O–H groups in total. The van der Waals surface area contributed by atoms with E-state index in [9.17, 15) is 9.18 Å². The molecule has 1 nitrogen and oxygen atoms in total. The van der Waals surface area contributed by atoms with Crippen LogP contribution in [0.2, 0.25) is 0 Å². The predicted molar refractivity (Wildman–Crippen MR) is 66.5 cm³/mol. The highest BCUT2D eigenvalue weighted by molar-refractivity contribution is 6.00. The summed E-state index contributed by atoms with van der Waals surface area (Å²) >= 11 is 0. The standard InChI is InChI=1S/C15H19FO/c1-11(2)15(9-3-4-10-15)14(17)12-5-7-13(16)8-6-12/h5-8,11H,3-4,9-10H2,1-2H3. The van der Waals surface area contributed by atoms with Gasteiger partial charge in [-0.2, -0.15) is 0 Å². The summed E-state index contributed by atoms with van der Waals surface area (Å²) in [7, 11) is 0. The third-order valence-electron chi connectivity index (χ3n) is 4.16. The van der Waals surface area contributed by atoms with Crippen molar-refractivity contribution in [3.8, 4) is 0 Å². The molecule has 0 atom stereocenters. The van der Waals surface area contributed by atoms with Gasteiger partial charge in [0.15, 0.2) is 5.78 Å². The summed E-state index contributed by atoms with van der Waals surface area (Å²) in [6.45, 7) is 4.24. The monoisotopic (exact) mass is 234 g/mol. The number of hydrogen-bond acceptors (Lipinski definition) is 1. The van der Waals surface area contributed by atoms with Gasteiger partial charge in [-0.25, -0.2) is 4.39 Å². The minimum atomic E-state index is -0.286. The summed E-state index contributed by atoms with van der Waals surface area (Å²) in [5, 5.41) is 0. The van der Waals surface area contributed by atoms with Gasteiger partial charge >= 0.3 is 0 Å². The number of rotatable bonds is 3. The lowest BCUT2D eigenvalue weighted by Crippen LogP contribution is -2.33. The van der Waals surface area contributed by atoms with Crippen LogP contribution in [0.3, 0.4) is 0 Å². The second-order valence-corrected chi connectivity index (χ2v) is 5.35. The molecule has 0 aliphatic heterocycles. The van der Waals surface area contributed by atoms with Crippen molar-refractivity contribution in [2.45, 2.75) is 39.5 Å². The Hall–Kier alpha value is -1.18. The quantitative estimate of drug-likeness (QED) is 0.715. The Morgan fingerprint density at radius 1 is 1.18 bits per heavy atom. The Labute approximate surface area is 102 Å². The van der Waals surface area contributed by atoms with Gasteiger partial charge in [-0.3, -0.25) is 4.79 Å². The van der Waals surface area contributed by atoms with Crippen molar-refractivity contribution in [2.24, 2.45) is 11.3 Å². The highest BCUT2D eigenvalue weighted by Crippen LogP contribution is 2.46. The maximum atomic E-state index is 12.9. The molecular formula is C15H19FO. The SMILES string of the molecule is CC(C)C1(C(=O)c2ccc(F)cc2)CCCC1. The number of carbonyl (C=O) groups excluding carboxylic acids is 1. The molecule has 1 aliphatic carbocycles. The summed E-state index contributed by atoms with van der Waals surface area (Å²) in [5.41, 5.74) is 0.444. The van der Waals surface area contributed by atoms with Crippen molar-refractivity contribution in [2.75, 3.05) is 0 Å². The number of carbonyl (C=O) groups is 1. The molecule has 1 fully saturated rings. The van der Waals surface area contributed by atoms with Gasteiger partial charge in [-0.15, -0.1) is 0 Å². The fraction of sp³-hybridized carbons (Fsp3) is 0.533. The van der Waals surface area contributed by atoms with Gasteiger partial charge < -0.3 is 0 Å². The van der Waals surface area contributed by atoms with Crippen LogP contribution in [0.25, 0.3) is 0 Å². The van der Waals surface area contributed by atoms with Crippen LogP contribution < -0.4 is 0 Å². The van der Waals surface area contributed by atoms with Crippen LogP contribution in [-0.2, 0) is 0 Å². The molecule has 92 valence electrons. The highest BCUT2D eigenvalue weighted by atomic mass is 19.1. The zero-order valence-corrected chi connectivity index (χ0v) is 10.5. The van der Waals surface area contributed by atoms with Gasteiger partial charge in [-0.1, -0.05) is 26.7 Å². The van der Waals surface area contributed by atoms with Gasteiger partial charge in [0.2, 0.25) is 0 Å². The van der Waals surface area contributed by atoms with Crippen molar-refractivity contribution < 1.29 is 9.18 Å². The lowest BCUT2D eigenvalue weighted by atomic mass is 9.70. The molecular weight excluding hydrogens is 215 g/mol. The Kier molecular flexibility index (Phi) is 3.32. The molecule has 0 saturated heterocycles. The van der Waals surface area contributed by atoms with E-state index >= 15 is 0 Å². The van der Waals surface area contributed by atoms with Crippen LogP contribution in [-0.4, -0.2) is 5.78 Å². The molecule has 1 aliphatic rings. The van der Waals surface area contributed by atoms with E-state index in [-0.39, 0.29) is 17.0 Å². The van der Waals surface area contributed by atoms with Crippen molar-refractivity contribution in [1.29, 1.82) is 0 Å². The number of benzene rings is 1. The largest absolute Gasteiger partial charge is 0.294 e. The molecule has 0 amide bonds. The molecule has 2 rings (SSSR count). The molecule has 0 spiro atoms. The summed E-state index contributed by atoms with van der Waals surface area (Å²) in [6, 6.07) is 5.96. The third kappa shape index (κ3) is 2.13. The minimum Gasteiger partial charge on any atom is -0.294 e. The van der Waals surface area contributed by atoms with Crippen molar-refractivity contribution in [3.05, 3.63) is 35.6 Å². The summed E-state index contributed by atoms with van der Waals surface area (Å²) in [4.78, 5) is 12.6. The van der Waals surface area contributed by atoms with E-state index in [4.69, 9.17) is 0 Å². The Bertz CT molecular complexity index is 399. The van der Waals surface area contributed by atoms with Gasteiger partial charge in [0, 0.05) is 11.0 Å². The Morgan fingerprint density at radius 3 is 2.18 bits per heavy atom. The molecule has 0 radical (unpaired) electrons. The zero-order valence-electron chi connectivity index (χ0n) is 10.5. The van der Waals surface area contributed by atoms with E-state index in [1.165, 1.54) is 12.1 Å². The predicted octanol–water partition coefficient (Wildman–Crippen LogP) is 4.22. The molecule has 17 heavy (non-hydrogen) atoms. The first-order valence-electron chi connectivity index (χ1n) is 6.36. The molecule has 0 unspecified atom stereocenters. The van der Waals surface area contributed by atoms with E-state index in [0.29, 0.717) is 11.5 Å². The lowest BCUT2D eigenvalue weighted by molar-refractivity contribution is 0.0712. The van der Waals surface area contributed by atoms with E-state index in [2.05, 4.69) is 13.8 Å². The molecule has 1 saturated carbocycles. The second kappa shape index (κ2) is 4.59. The molecule has 0 bridgehead atoms. The molecule has 1 aromatic carbocycles. The van der Waals surface area contributed by atoms with Crippen molar-refractivity contribution in [3.63, 3.8) is 0 Å². The topological polar surface area (TPSA) is 17.1 Å². The fourth-order valence-electron chi connectivity index (χ4n) is 2.96. The first kappa shape index (κ1) is 12.3. The van der Waals surface area contributed by atoms with Crippen LogP contribution in [0.1, 0.15) is 49.9 Å². The Morgan fingerprint density at radius 2 is 1.71 bits per heavy atom. The van der Waals surface area contributed by atoms with Crippen LogP contribution in [0, 0.1) is 17.2 Å². The average molecular weight is 234 g/mol. The lowest BCUT2D eigenvalue weighted by Gasteiger charge is -2.31. The van der Waals surface area contributed by atoms with Gasteiger partial charge in [0.05, 0.1) is 0 Å². The van der Waals surface area contributed by atoms with Gasteiger partial charge in [-0.05, 0) is 43.0 Å². The highest BCUT2D eigenvalue weighted by Gasteiger charge is 2.43. The number of Topliss-reactive ketones (excluding diaryl/α,β-unsaturated/α-hetero) is 1. The van der Waals surface area contributed by atoms with E-state index in [0.717, 1.165) is 25.7 Å². The van der Waals surface area contributed by atoms with Crippen molar-refractivity contribution >= 4 is 5.78 Å². The van der Waals surface area contributed by atoms with E-state index in [1.807, 2.05) is 0 Å². The molecule has 2 heteroatoms. The van der Waals surface area contributed by atoms with E-state index < -0.39 is 0 Å². The zero-order chi connectivity index (χ0) is 12.5. The number of hydrogen-bond donors (Lipinski definition) is 0.